The van der Waals surface area contributed by atoms with Gasteiger partial charge in [0.05, 0.1) is 10.7 Å². The zero-order valence-corrected chi connectivity index (χ0v) is 15.3. The molecule has 0 aliphatic carbocycles. The molecule has 1 amide bonds. The van der Waals surface area contributed by atoms with Crippen LogP contribution in [0.25, 0.3) is 11.3 Å². The molecular formula is C18H24N4OS. The normalized spacial score (nSPS) is 19.4. The minimum absolute atomic E-state index is 0.0228. The first-order valence-corrected chi connectivity index (χ1v) is 9.10. The molecule has 1 fully saturated rings. The molecule has 1 aromatic carbocycles. The van der Waals surface area contributed by atoms with Crippen molar-refractivity contribution in [3.05, 3.63) is 40.2 Å². The van der Waals surface area contributed by atoms with Crippen molar-refractivity contribution < 1.29 is 4.79 Å². The summed E-state index contributed by atoms with van der Waals surface area (Å²) in [5.74, 6) is -0.0228. The van der Waals surface area contributed by atoms with Gasteiger partial charge in [0.1, 0.15) is 0 Å². The summed E-state index contributed by atoms with van der Waals surface area (Å²) in [6.07, 6.45) is 0. The van der Waals surface area contributed by atoms with Crippen molar-refractivity contribution in [3.63, 3.8) is 0 Å². The molecule has 24 heavy (non-hydrogen) atoms. The zero-order valence-electron chi connectivity index (χ0n) is 14.5. The van der Waals surface area contributed by atoms with E-state index in [0.717, 1.165) is 35.9 Å². The van der Waals surface area contributed by atoms with Crippen molar-refractivity contribution in [3.8, 4) is 11.3 Å². The largest absolute Gasteiger partial charge is 0.350 e. The van der Waals surface area contributed by atoms with E-state index in [0.29, 0.717) is 18.2 Å². The first kappa shape index (κ1) is 17.1. The molecule has 3 rings (SSSR count). The number of aromatic nitrogens is 1. The van der Waals surface area contributed by atoms with Gasteiger partial charge in [0.15, 0.2) is 0 Å². The number of hydrogen-bond acceptors (Lipinski definition) is 5. The molecule has 1 atom stereocenters. The molecule has 1 N–H and O–H groups in total. The highest BCUT2D eigenvalue weighted by atomic mass is 32.1. The number of nitrogens with one attached hydrogen (secondary N) is 1. The highest BCUT2D eigenvalue weighted by molar-refractivity contribution is 7.09. The summed E-state index contributed by atoms with van der Waals surface area (Å²) >= 11 is 1.62. The zero-order chi connectivity index (χ0) is 17.1. The van der Waals surface area contributed by atoms with E-state index in [1.165, 1.54) is 0 Å². The van der Waals surface area contributed by atoms with Crippen LogP contribution in [0.1, 0.15) is 15.4 Å². The van der Waals surface area contributed by atoms with Crippen LogP contribution >= 0.6 is 11.3 Å². The van der Waals surface area contributed by atoms with Crippen LogP contribution in [0.4, 0.5) is 0 Å². The van der Waals surface area contributed by atoms with E-state index in [1.807, 2.05) is 36.6 Å². The van der Waals surface area contributed by atoms with Crippen LogP contribution in [-0.2, 0) is 0 Å². The van der Waals surface area contributed by atoms with Crippen LogP contribution in [0.2, 0.25) is 0 Å². The summed E-state index contributed by atoms with van der Waals surface area (Å²) < 4.78 is 0. The van der Waals surface area contributed by atoms with Crippen molar-refractivity contribution in [2.24, 2.45) is 0 Å². The van der Waals surface area contributed by atoms with Gasteiger partial charge >= 0.3 is 0 Å². The van der Waals surface area contributed by atoms with Gasteiger partial charge in [-0.25, -0.2) is 4.98 Å². The number of aryl methyl sites for hydroxylation is 1. The van der Waals surface area contributed by atoms with E-state index in [-0.39, 0.29) is 5.91 Å². The molecule has 1 aliphatic heterocycles. The SMILES string of the molecule is Cc1nc(-c2cccc(C(=O)NCC3CN(C)CCN3C)c2)cs1. The summed E-state index contributed by atoms with van der Waals surface area (Å²) in [7, 11) is 4.25. The second-order valence-corrected chi connectivity index (χ2v) is 7.50. The van der Waals surface area contributed by atoms with Crippen LogP contribution in [-0.4, -0.2) is 67.0 Å². The Morgan fingerprint density at radius 2 is 2.21 bits per heavy atom. The van der Waals surface area contributed by atoms with Crippen molar-refractivity contribution in [2.75, 3.05) is 40.3 Å². The van der Waals surface area contributed by atoms with Gasteiger partial charge in [-0.1, -0.05) is 12.1 Å². The van der Waals surface area contributed by atoms with Gasteiger partial charge in [-0.3, -0.25) is 9.69 Å². The van der Waals surface area contributed by atoms with Crippen molar-refractivity contribution >= 4 is 17.2 Å². The van der Waals surface area contributed by atoms with Gasteiger partial charge < -0.3 is 10.2 Å². The number of benzene rings is 1. The Balaban J connectivity index is 1.65. The van der Waals surface area contributed by atoms with Crippen molar-refractivity contribution in [2.45, 2.75) is 13.0 Å². The van der Waals surface area contributed by atoms with Gasteiger partial charge in [0.25, 0.3) is 5.91 Å². The second-order valence-electron chi connectivity index (χ2n) is 6.44. The smallest absolute Gasteiger partial charge is 0.251 e. The number of rotatable bonds is 4. The third-order valence-corrected chi connectivity index (χ3v) is 5.29. The lowest BCUT2D eigenvalue weighted by Gasteiger charge is -2.37. The molecule has 128 valence electrons. The fourth-order valence-corrected chi connectivity index (χ4v) is 3.57. The molecule has 0 spiro atoms. The Morgan fingerprint density at radius 3 is 2.96 bits per heavy atom. The predicted octanol–water partition coefficient (Wildman–Crippen LogP) is 2.09. The lowest BCUT2D eigenvalue weighted by molar-refractivity contribution is 0.0881. The van der Waals surface area contributed by atoms with E-state index >= 15 is 0 Å². The Bertz CT molecular complexity index is 715. The maximum absolute atomic E-state index is 12.5. The van der Waals surface area contributed by atoms with Gasteiger partial charge in [-0.15, -0.1) is 11.3 Å². The van der Waals surface area contributed by atoms with Gasteiger partial charge in [-0.05, 0) is 33.2 Å². The lowest BCUT2D eigenvalue weighted by atomic mass is 10.1. The maximum Gasteiger partial charge on any atom is 0.251 e. The molecule has 6 heteroatoms. The summed E-state index contributed by atoms with van der Waals surface area (Å²) in [4.78, 5) is 21.6. The molecule has 0 radical (unpaired) electrons. The number of hydrogen-bond donors (Lipinski definition) is 1. The topological polar surface area (TPSA) is 48.5 Å². The summed E-state index contributed by atoms with van der Waals surface area (Å²) in [5, 5.41) is 6.14. The molecule has 5 nitrogen and oxygen atoms in total. The van der Waals surface area contributed by atoms with E-state index < -0.39 is 0 Å². The number of amides is 1. The highest BCUT2D eigenvalue weighted by Crippen LogP contribution is 2.22. The van der Waals surface area contributed by atoms with Crippen LogP contribution in [0.3, 0.4) is 0 Å². The monoisotopic (exact) mass is 344 g/mol. The number of thiazole rings is 1. The fraction of sp³-hybridized carbons (Fsp3) is 0.444. The number of carbonyl (C=O) groups excluding carboxylic acids is 1. The fourth-order valence-electron chi connectivity index (χ4n) is 2.95. The van der Waals surface area contributed by atoms with E-state index in [2.05, 4.69) is 34.2 Å². The first-order valence-electron chi connectivity index (χ1n) is 8.22. The molecular weight excluding hydrogens is 320 g/mol. The molecule has 2 heterocycles. The highest BCUT2D eigenvalue weighted by Gasteiger charge is 2.22. The number of piperazine rings is 1. The molecule has 0 bridgehead atoms. The van der Waals surface area contributed by atoms with Crippen LogP contribution < -0.4 is 5.32 Å². The average molecular weight is 344 g/mol. The molecule has 1 saturated heterocycles. The first-order chi connectivity index (χ1) is 11.5. The second kappa shape index (κ2) is 7.42. The molecule has 1 aliphatic rings. The molecule has 1 aromatic heterocycles. The average Bonchev–Trinajstić information content (AvgIpc) is 3.02. The minimum atomic E-state index is -0.0228. The van der Waals surface area contributed by atoms with E-state index in [4.69, 9.17) is 0 Å². The summed E-state index contributed by atoms with van der Waals surface area (Å²) in [6.45, 7) is 5.75. The lowest BCUT2D eigenvalue weighted by Crippen LogP contribution is -2.54. The Kier molecular flexibility index (Phi) is 5.28. The number of carbonyl (C=O) groups is 1. The van der Waals surface area contributed by atoms with Gasteiger partial charge in [0.2, 0.25) is 0 Å². The standard InChI is InChI=1S/C18H24N4OS/c1-13-20-17(12-24-13)14-5-4-6-15(9-14)18(23)19-10-16-11-21(2)7-8-22(16)3/h4-6,9,12,16H,7-8,10-11H2,1-3H3,(H,19,23). The maximum atomic E-state index is 12.5. The Morgan fingerprint density at radius 1 is 1.38 bits per heavy atom. The number of nitrogens with zero attached hydrogens (tertiary/aromatic N) is 3. The summed E-state index contributed by atoms with van der Waals surface area (Å²) in [5.41, 5.74) is 2.60. The van der Waals surface area contributed by atoms with E-state index in [9.17, 15) is 4.79 Å². The quantitative estimate of drug-likeness (QED) is 0.923. The van der Waals surface area contributed by atoms with Crippen LogP contribution in [0.15, 0.2) is 29.6 Å². The minimum Gasteiger partial charge on any atom is -0.350 e. The predicted molar refractivity (Wildman–Crippen MR) is 98.5 cm³/mol. The number of likely N-dealkylation sites (N-methyl/N-ethyl adjacent to an activating group) is 2. The van der Waals surface area contributed by atoms with Crippen molar-refractivity contribution in [1.82, 2.24) is 20.1 Å². The van der Waals surface area contributed by atoms with Crippen molar-refractivity contribution in [1.29, 1.82) is 0 Å². The third kappa shape index (κ3) is 4.01. The third-order valence-electron chi connectivity index (χ3n) is 4.52. The van der Waals surface area contributed by atoms with Gasteiger partial charge in [0, 0.05) is 48.7 Å². The van der Waals surface area contributed by atoms with E-state index in [1.54, 1.807) is 11.3 Å². The molecule has 1 unspecified atom stereocenters. The molecule has 0 saturated carbocycles. The Labute approximate surface area is 147 Å². The van der Waals surface area contributed by atoms with Crippen LogP contribution in [0.5, 0.6) is 0 Å². The van der Waals surface area contributed by atoms with Gasteiger partial charge in [-0.2, -0.15) is 0 Å². The molecule has 2 aromatic rings. The van der Waals surface area contributed by atoms with Crippen LogP contribution in [0, 0.1) is 6.92 Å². The summed E-state index contributed by atoms with van der Waals surface area (Å²) in [6, 6.07) is 8.04. The Hall–Kier alpha value is -1.76.